The largest absolute Gasteiger partial charge is 0.487 e. The van der Waals surface area contributed by atoms with Gasteiger partial charge in [-0.15, -0.1) is 0 Å². The fourth-order valence-corrected chi connectivity index (χ4v) is 4.54. The van der Waals surface area contributed by atoms with Gasteiger partial charge >= 0.3 is 0 Å². The van der Waals surface area contributed by atoms with Crippen molar-refractivity contribution in [3.05, 3.63) is 65.2 Å². The van der Waals surface area contributed by atoms with E-state index in [0.717, 1.165) is 37.5 Å². The third-order valence-electron chi connectivity index (χ3n) is 6.04. The van der Waals surface area contributed by atoms with Crippen molar-refractivity contribution < 1.29 is 9.47 Å². The van der Waals surface area contributed by atoms with Gasteiger partial charge in [-0.2, -0.15) is 0 Å². The fourth-order valence-electron chi connectivity index (χ4n) is 4.54. The van der Waals surface area contributed by atoms with E-state index in [1.54, 1.807) is 7.11 Å². The molecule has 0 saturated heterocycles. The zero-order valence-electron chi connectivity index (χ0n) is 17.4. The van der Waals surface area contributed by atoms with Gasteiger partial charge in [-0.05, 0) is 42.9 Å². The van der Waals surface area contributed by atoms with E-state index in [4.69, 9.17) is 9.47 Å². The minimum Gasteiger partial charge on any atom is -0.487 e. The van der Waals surface area contributed by atoms with E-state index < -0.39 is 0 Å². The fraction of sp³-hybridized carbons (Fsp3) is 0.458. The van der Waals surface area contributed by atoms with E-state index in [1.165, 1.54) is 29.5 Å². The molecule has 1 heterocycles. The van der Waals surface area contributed by atoms with Crippen LogP contribution < -0.4 is 15.4 Å². The molecule has 2 aromatic rings. The number of nitrogens with zero attached hydrogens (tertiary/aromatic N) is 1. The Balaban J connectivity index is 1.43. The molecule has 2 aromatic carbocycles. The van der Waals surface area contributed by atoms with Crippen LogP contribution >= 0.6 is 0 Å². The molecule has 1 spiro atoms. The predicted octanol–water partition coefficient (Wildman–Crippen LogP) is 4.33. The number of nitrogens with one attached hydrogen (secondary N) is 2. The van der Waals surface area contributed by atoms with Crippen LogP contribution in [0.25, 0.3) is 0 Å². The lowest BCUT2D eigenvalue weighted by Crippen LogP contribution is -2.46. The van der Waals surface area contributed by atoms with Crippen LogP contribution in [0.2, 0.25) is 0 Å². The Morgan fingerprint density at radius 3 is 2.55 bits per heavy atom. The van der Waals surface area contributed by atoms with Gasteiger partial charge in [0.15, 0.2) is 5.96 Å². The molecule has 5 nitrogen and oxygen atoms in total. The van der Waals surface area contributed by atoms with Crippen LogP contribution in [-0.4, -0.2) is 25.7 Å². The molecule has 0 amide bonds. The first-order chi connectivity index (χ1) is 14.2. The number of para-hydroxylation sites is 1. The first-order valence-corrected chi connectivity index (χ1v) is 10.5. The first-order valence-electron chi connectivity index (χ1n) is 10.5. The van der Waals surface area contributed by atoms with E-state index in [0.29, 0.717) is 6.61 Å². The van der Waals surface area contributed by atoms with Crippen molar-refractivity contribution in [2.24, 2.45) is 4.99 Å². The number of hydrogen-bond acceptors (Lipinski definition) is 3. The second kappa shape index (κ2) is 8.87. The summed E-state index contributed by atoms with van der Waals surface area (Å²) >= 11 is 0. The minimum atomic E-state index is -0.0257. The molecule has 0 bridgehead atoms. The summed E-state index contributed by atoms with van der Waals surface area (Å²) in [5.41, 5.74) is 3.59. The van der Waals surface area contributed by atoms with Crippen molar-refractivity contribution in [2.45, 2.75) is 56.9 Å². The predicted molar refractivity (Wildman–Crippen MR) is 116 cm³/mol. The third-order valence-corrected chi connectivity index (χ3v) is 6.04. The van der Waals surface area contributed by atoms with Gasteiger partial charge in [0.2, 0.25) is 0 Å². The van der Waals surface area contributed by atoms with E-state index in [-0.39, 0.29) is 11.6 Å². The maximum Gasteiger partial charge on any atom is 0.191 e. The van der Waals surface area contributed by atoms with Crippen molar-refractivity contribution in [3.8, 4) is 5.75 Å². The average molecular weight is 394 g/mol. The molecule has 1 aliphatic carbocycles. The molecule has 29 heavy (non-hydrogen) atoms. The summed E-state index contributed by atoms with van der Waals surface area (Å²) in [7, 11) is 3.54. The highest BCUT2D eigenvalue weighted by Gasteiger charge is 2.43. The summed E-state index contributed by atoms with van der Waals surface area (Å²) in [6.45, 7) is 1.37. The lowest BCUT2D eigenvalue weighted by molar-refractivity contribution is 0.0396. The Labute approximate surface area is 173 Å². The number of rotatable bonds is 5. The smallest absolute Gasteiger partial charge is 0.191 e. The standard InChI is InChI=1S/C24H31N3O2/c1-25-23(26-16-18-9-11-19(12-10-18)17-28-2)27-21-15-24(13-5-6-14-24)29-22-8-4-3-7-20(21)22/h3-4,7-12,21H,5-6,13-17H2,1-2H3,(H2,25,26,27). The lowest BCUT2D eigenvalue weighted by atomic mass is 9.86. The molecule has 0 radical (unpaired) electrons. The minimum absolute atomic E-state index is 0.0257. The van der Waals surface area contributed by atoms with Gasteiger partial charge < -0.3 is 20.1 Å². The molecule has 5 heteroatoms. The van der Waals surface area contributed by atoms with Crippen LogP contribution in [0.3, 0.4) is 0 Å². The van der Waals surface area contributed by atoms with Crippen molar-refractivity contribution in [2.75, 3.05) is 14.2 Å². The molecule has 0 aromatic heterocycles. The normalized spacial score (nSPS) is 20.2. The van der Waals surface area contributed by atoms with Crippen molar-refractivity contribution >= 4 is 5.96 Å². The molecule has 1 unspecified atom stereocenters. The number of hydrogen-bond donors (Lipinski definition) is 2. The summed E-state index contributed by atoms with van der Waals surface area (Å²) in [6.07, 6.45) is 5.76. The molecular formula is C24H31N3O2. The van der Waals surface area contributed by atoms with Crippen LogP contribution in [0.15, 0.2) is 53.5 Å². The van der Waals surface area contributed by atoms with Gasteiger partial charge in [0.1, 0.15) is 11.4 Å². The Morgan fingerprint density at radius 2 is 1.83 bits per heavy atom. The van der Waals surface area contributed by atoms with E-state index in [9.17, 15) is 0 Å². The molecule has 2 N–H and O–H groups in total. The average Bonchev–Trinajstić information content (AvgIpc) is 3.19. The van der Waals surface area contributed by atoms with Crippen LogP contribution in [0, 0.1) is 0 Å². The molecule has 154 valence electrons. The SMILES string of the molecule is CN=C(NCc1ccc(COC)cc1)NC1CC2(CCCC2)Oc2ccccc21. The quantitative estimate of drug-likeness (QED) is 0.586. The zero-order chi connectivity index (χ0) is 20.1. The van der Waals surface area contributed by atoms with Crippen LogP contribution in [0.4, 0.5) is 0 Å². The lowest BCUT2D eigenvalue weighted by Gasteiger charge is -2.40. The Kier molecular flexibility index (Phi) is 6.05. The number of aliphatic imine (C=N–C) groups is 1. The maximum atomic E-state index is 6.48. The number of ether oxygens (including phenoxy) is 2. The van der Waals surface area contributed by atoms with Gasteiger partial charge in [-0.3, -0.25) is 4.99 Å². The van der Waals surface area contributed by atoms with E-state index in [1.807, 2.05) is 7.05 Å². The highest BCUT2D eigenvalue weighted by atomic mass is 16.5. The zero-order valence-corrected chi connectivity index (χ0v) is 17.4. The second-order valence-electron chi connectivity index (χ2n) is 8.11. The highest BCUT2D eigenvalue weighted by molar-refractivity contribution is 5.80. The van der Waals surface area contributed by atoms with Crippen molar-refractivity contribution in [3.63, 3.8) is 0 Å². The molecule has 2 aliphatic rings. The number of benzene rings is 2. The van der Waals surface area contributed by atoms with E-state index in [2.05, 4.69) is 64.2 Å². The van der Waals surface area contributed by atoms with Crippen molar-refractivity contribution in [1.82, 2.24) is 10.6 Å². The highest BCUT2D eigenvalue weighted by Crippen LogP contribution is 2.46. The molecule has 1 aliphatic heterocycles. The Bertz CT molecular complexity index is 841. The van der Waals surface area contributed by atoms with Gasteiger partial charge in [0.05, 0.1) is 12.6 Å². The molecule has 1 saturated carbocycles. The van der Waals surface area contributed by atoms with E-state index >= 15 is 0 Å². The first kappa shape index (κ1) is 19.8. The monoisotopic (exact) mass is 393 g/mol. The molecule has 1 fully saturated rings. The van der Waals surface area contributed by atoms with Gasteiger partial charge in [0, 0.05) is 32.7 Å². The summed E-state index contributed by atoms with van der Waals surface area (Å²) in [6, 6.07) is 17.1. The van der Waals surface area contributed by atoms with Crippen LogP contribution in [-0.2, 0) is 17.9 Å². The number of fused-ring (bicyclic) bond motifs is 1. The summed E-state index contributed by atoms with van der Waals surface area (Å²) in [4.78, 5) is 4.47. The topological polar surface area (TPSA) is 54.9 Å². The Morgan fingerprint density at radius 1 is 1.10 bits per heavy atom. The molecule has 4 rings (SSSR count). The Hall–Kier alpha value is -2.53. The van der Waals surface area contributed by atoms with Crippen molar-refractivity contribution in [1.29, 1.82) is 0 Å². The summed E-state index contributed by atoms with van der Waals surface area (Å²) in [5, 5.41) is 7.11. The summed E-state index contributed by atoms with van der Waals surface area (Å²) < 4.78 is 11.7. The number of guanidine groups is 1. The van der Waals surface area contributed by atoms with Gasteiger partial charge in [0.25, 0.3) is 0 Å². The van der Waals surface area contributed by atoms with Gasteiger partial charge in [-0.1, -0.05) is 42.5 Å². The third kappa shape index (κ3) is 4.56. The number of methoxy groups -OCH3 is 1. The summed E-state index contributed by atoms with van der Waals surface area (Å²) in [5.74, 6) is 1.84. The maximum absolute atomic E-state index is 6.48. The molecular weight excluding hydrogens is 362 g/mol. The van der Waals surface area contributed by atoms with Gasteiger partial charge in [-0.25, -0.2) is 0 Å². The van der Waals surface area contributed by atoms with Crippen LogP contribution in [0.5, 0.6) is 5.75 Å². The van der Waals surface area contributed by atoms with Crippen LogP contribution in [0.1, 0.15) is 54.8 Å². The second-order valence-corrected chi connectivity index (χ2v) is 8.11. The molecule has 1 atom stereocenters.